The van der Waals surface area contributed by atoms with Gasteiger partial charge in [0.25, 0.3) is 0 Å². The SMILES string of the molecule is O=S(=O)(C=Cc1ccc(Cl)cc1)NN1CCN(c2ccncc2)CC1. The molecule has 1 aliphatic rings. The molecule has 0 amide bonds. The number of nitrogens with one attached hydrogen (secondary N) is 1. The summed E-state index contributed by atoms with van der Waals surface area (Å²) in [6.45, 7) is 2.70. The molecule has 0 aliphatic carbocycles. The number of aromatic nitrogens is 1. The van der Waals surface area contributed by atoms with Gasteiger partial charge in [-0.1, -0.05) is 23.7 Å². The highest BCUT2D eigenvalue weighted by molar-refractivity contribution is 7.92. The van der Waals surface area contributed by atoms with Gasteiger partial charge in [0.05, 0.1) is 0 Å². The maximum absolute atomic E-state index is 12.2. The summed E-state index contributed by atoms with van der Waals surface area (Å²) in [5, 5.41) is 3.51. The van der Waals surface area contributed by atoms with Gasteiger partial charge in [0, 0.05) is 54.7 Å². The van der Waals surface area contributed by atoms with Crippen LogP contribution in [0.5, 0.6) is 0 Å². The second-order valence-corrected chi connectivity index (χ2v) is 7.65. The number of hydrazine groups is 1. The molecular formula is C17H19ClN4O2S. The van der Waals surface area contributed by atoms with Gasteiger partial charge >= 0.3 is 0 Å². The molecule has 0 radical (unpaired) electrons. The van der Waals surface area contributed by atoms with E-state index in [4.69, 9.17) is 11.6 Å². The first-order valence-corrected chi connectivity index (χ1v) is 9.80. The third-order valence-electron chi connectivity index (χ3n) is 3.87. The van der Waals surface area contributed by atoms with E-state index >= 15 is 0 Å². The van der Waals surface area contributed by atoms with Crippen molar-refractivity contribution in [1.29, 1.82) is 0 Å². The maximum atomic E-state index is 12.2. The second kappa shape index (κ2) is 7.97. The third kappa shape index (κ3) is 5.27. The Kier molecular flexibility index (Phi) is 5.70. The number of halogens is 1. The molecule has 132 valence electrons. The van der Waals surface area contributed by atoms with Crippen molar-refractivity contribution < 1.29 is 8.42 Å². The van der Waals surface area contributed by atoms with E-state index < -0.39 is 10.0 Å². The molecule has 0 spiro atoms. The lowest BCUT2D eigenvalue weighted by Crippen LogP contribution is -2.53. The van der Waals surface area contributed by atoms with Gasteiger partial charge in [-0.3, -0.25) is 4.98 Å². The number of benzene rings is 1. The van der Waals surface area contributed by atoms with Crippen LogP contribution in [0.25, 0.3) is 6.08 Å². The van der Waals surface area contributed by atoms with Gasteiger partial charge < -0.3 is 4.90 Å². The largest absolute Gasteiger partial charge is 0.369 e. The highest BCUT2D eigenvalue weighted by Crippen LogP contribution is 2.14. The average Bonchev–Trinajstić information content (AvgIpc) is 2.62. The summed E-state index contributed by atoms with van der Waals surface area (Å²) in [7, 11) is -3.54. The Hall–Kier alpha value is -1.93. The Morgan fingerprint density at radius 2 is 1.64 bits per heavy atom. The summed E-state index contributed by atoms with van der Waals surface area (Å²) in [6.07, 6.45) is 5.06. The van der Waals surface area contributed by atoms with Crippen molar-refractivity contribution in [1.82, 2.24) is 14.8 Å². The lowest BCUT2D eigenvalue weighted by atomic mass is 10.2. The van der Waals surface area contributed by atoms with E-state index in [1.165, 1.54) is 5.41 Å². The van der Waals surface area contributed by atoms with Crippen LogP contribution in [0.4, 0.5) is 5.69 Å². The minimum Gasteiger partial charge on any atom is -0.369 e. The zero-order valence-corrected chi connectivity index (χ0v) is 15.1. The first-order chi connectivity index (χ1) is 12.0. The summed E-state index contributed by atoms with van der Waals surface area (Å²) in [6, 6.07) is 10.9. The number of nitrogens with zero attached hydrogens (tertiary/aromatic N) is 3. The van der Waals surface area contributed by atoms with Crippen molar-refractivity contribution in [2.45, 2.75) is 0 Å². The van der Waals surface area contributed by atoms with Gasteiger partial charge in [-0.15, -0.1) is 4.83 Å². The molecule has 1 saturated heterocycles. The van der Waals surface area contributed by atoms with Crippen LogP contribution in [0.1, 0.15) is 5.56 Å². The van der Waals surface area contributed by atoms with E-state index in [1.54, 1.807) is 47.7 Å². The van der Waals surface area contributed by atoms with Gasteiger partial charge in [0.2, 0.25) is 10.0 Å². The zero-order chi connectivity index (χ0) is 17.7. The molecule has 1 N–H and O–H groups in total. The Morgan fingerprint density at radius 1 is 1.00 bits per heavy atom. The summed E-state index contributed by atoms with van der Waals surface area (Å²) >= 11 is 5.82. The number of hydrogen-bond acceptors (Lipinski definition) is 5. The number of piperazine rings is 1. The highest BCUT2D eigenvalue weighted by Gasteiger charge is 2.20. The molecule has 2 heterocycles. The van der Waals surface area contributed by atoms with Crippen molar-refractivity contribution in [3.8, 4) is 0 Å². The van der Waals surface area contributed by atoms with Crippen LogP contribution >= 0.6 is 11.6 Å². The molecular weight excluding hydrogens is 360 g/mol. The van der Waals surface area contributed by atoms with Crippen LogP contribution in [0.2, 0.25) is 5.02 Å². The molecule has 0 unspecified atom stereocenters. The molecule has 1 aromatic carbocycles. The van der Waals surface area contributed by atoms with Gasteiger partial charge in [0.15, 0.2) is 0 Å². The fraction of sp³-hybridized carbons (Fsp3) is 0.235. The summed E-state index contributed by atoms with van der Waals surface area (Å²) < 4.78 is 24.4. The van der Waals surface area contributed by atoms with Gasteiger partial charge in [-0.25, -0.2) is 13.4 Å². The van der Waals surface area contributed by atoms with E-state index in [9.17, 15) is 8.42 Å². The summed E-state index contributed by atoms with van der Waals surface area (Å²) in [4.78, 5) is 8.82. The molecule has 6 nitrogen and oxygen atoms in total. The van der Waals surface area contributed by atoms with E-state index in [0.717, 1.165) is 24.3 Å². The molecule has 0 saturated carbocycles. The predicted molar refractivity (Wildman–Crippen MR) is 101 cm³/mol. The van der Waals surface area contributed by atoms with E-state index in [2.05, 4.69) is 14.7 Å². The van der Waals surface area contributed by atoms with Crippen LogP contribution in [0, 0.1) is 0 Å². The average molecular weight is 379 g/mol. The molecule has 0 bridgehead atoms. The van der Waals surface area contributed by atoms with Crippen LogP contribution in [0.15, 0.2) is 54.2 Å². The lowest BCUT2D eigenvalue weighted by molar-refractivity contribution is 0.227. The van der Waals surface area contributed by atoms with Crippen molar-refractivity contribution in [2.24, 2.45) is 0 Å². The van der Waals surface area contributed by atoms with Gasteiger partial charge in [-0.2, -0.15) is 0 Å². The summed E-state index contributed by atoms with van der Waals surface area (Å²) in [5.41, 5.74) is 1.87. The number of pyridine rings is 1. The lowest BCUT2D eigenvalue weighted by Gasteiger charge is -2.35. The van der Waals surface area contributed by atoms with Crippen LogP contribution < -0.4 is 9.73 Å². The zero-order valence-electron chi connectivity index (χ0n) is 13.5. The van der Waals surface area contributed by atoms with Crippen molar-refractivity contribution >= 4 is 33.4 Å². The number of sulfonamides is 1. The summed E-state index contributed by atoms with van der Waals surface area (Å²) in [5.74, 6) is 0. The first kappa shape index (κ1) is 17.9. The minimum atomic E-state index is -3.54. The first-order valence-electron chi connectivity index (χ1n) is 7.88. The monoisotopic (exact) mass is 378 g/mol. The molecule has 8 heteroatoms. The molecule has 0 atom stereocenters. The number of rotatable bonds is 5. The number of anilines is 1. The Bertz CT molecular complexity index is 817. The maximum Gasteiger partial charge on any atom is 0.246 e. The highest BCUT2D eigenvalue weighted by atomic mass is 35.5. The van der Waals surface area contributed by atoms with Gasteiger partial charge in [0.1, 0.15) is 0 Å². The van der Waals surface area contributed by atoms with Crippen LogP contribution in [-0.4, -0.2) is 44.6 Å². The Labute approximate surface area is 152 Å². The Morgan fingerprint density at radius 3 is 2.28 bits per heavy atom. The fourth-order valence-electron chi connectivity index (χ4n) is 2.56. The molecule has 1 aliphatic heterocycles. The normalized spacial score (nSPS) is 16.4. The topological polar surface area (TPSA) is 65.5 Å². The smallest absolute Gasteiger partial charge is 0.246 e. The van der Waals surface area contributed by atoms with E-state index in [0.29, 0.717) is 18.1 Å². The van der Waals surface area contributed by atoms with Crippen molar-refractivity contribution in [3.05, 3.63) is 64.8 Å². The van der Waals surface area contributed by atoms with Crippen molar-refractivity contribution in [2.75, 3.05) is 31.1 Å². The molecule has 1 fully saturated rings. The molecule has 2 aromatic rings. The fourth-order valence-corrected chi connectivity index (χ4v) is 3.63. The van der Waals surface area contributed by atoms with Crippen molar-refractivity contribution in [3.63, 3.8) is 0 Å². The van der Waals surface area contributed by atoms with Crippen LogP contribution in [-0.2, 0) is 10.0 Å². The van der Waals surface area contributed by atoms with E-state index in [1.807, 2.05) is 12.1 Å². The van der Waals surface area contributed by atoms with Crippen LogP contribution in [0.3, 0.4) is 0 Å². The molecule has 1 aromatic heterocycles. The number of hydrogen-bond donors (Lipinski definition) is 1. The van der Waals surface area contributed by atoms with Gasteiger partial charge in [-0.05, 0) is 35.9 Å². The minimum absolute atomic E-state index is 0.607. The molecule has 3 rings (SSSR count). The molecule has 25 heavy (non-hydrogen) atoms. The van der Waals surface area contributed by atoms with E-state index in [-0.39, 0.29) is 0 Å². The predicted octanol–water partition coefficient (Wildman–Crippen LogP) is 2.36. The standard InChI is InChI=1S/C17H19ClN4O2S/c18-16-3-1-15(2-4-16)7-14-25(23,24)20-22-12-10-21(11-13-22)17-5-8-19-9-6-17/h1-9,14,20H,10-13H2. The second-order valence-electron chi connectivity index (χ2n) is 5.67. The third-order valence-corrected chi connectivity index (χ3v) is 5.13. The quantitative estimate of drug-likeness (QED) is 0.865. The Balaban J connectivity index is 1.54.